The van der Waals surface area contributed by atoms with E-state index in [0.29, 0.717) is 22.0 Å². The van der Waals surface area contributed by atoms with Gasteiger partial charge in [0, 0.05) is 23.1 Å². The molecule has 4 nitrogen and oxygen atoms in total. The van der Waals surface area contributed by atoms with Crippen LogP contribution in [0.5, 0.6) is 0 Å². The molecular formula is C15H23BrN2O2S. The highest BCUT2D eigenvalue weighted by molar-refractivity contribution is 9.10. The third-order valence-corrected chi connectivity index (χ3v) is 6.19. The molecule has 0 radical (unpaired) electrons. The lowest BCUT2D eigenvalue weighted by atomic mass is 10.2. The van der Waals surface area contributed by atoms with E-state index in [0.717, 1.165) is 31.2 Å². The Balaban J connectivity index is 2.18. The minimum absolute atomic E-state index is 0.0827. The molecule has 1 aromatic rings. The number of halogens is 1. The smallest absolute Gasteiger partial charge is 0.241 e. The van der Waals surface area contributed by atoms with E-state index in [1.165, 1.54) is 0 Å². The first-order chi connectivity index (χ1) is 9.88. The lowest BCUT2D eigenvalue weighted by Crippen LogP contribution is -2.33. The van der Waals surface area contributed by atoms with Gasteiger partial charge < -0.3 is 5.32 Å². The van der Waals surface area contributed by atoms with Gasteiger partial charge in [0.15, 0.2) is 0 Å². The quantitative estimate of drug-likeness (QED) is 0.803. The van der Waals surface area contributed by atoms with E-state index in [2.05, 4.69) is 39.8 Å². The van der Waals surface area contributed by atoms with E-state index in [1.54, 1.807) is 12.1 Å². The minimum atomic E-state index is -3.46. The van der Waals surface area contributed by atoms with Crippen LogP contribution in [0.15, 0.2) is 27.6 Å². The second-order valence-corrected chi connectivity index (χ2v) is 8.44. The van der Waals surface area contributed by atoms with E-state index in [9.17, 15) is 8.42 Å². The van der Waals surface area contributed by atoms with Gasteiger partial charge in [-0.05, 0) is 46.5 Å². The van der Waals surface area contributed by atoms with Crippen molar-refractivity contribution in [3.8, 4) is 0 Å². The summed E-state index contributed by atoms with van der Waals surface area (Å²) in [5.41, 5.74) is 0.971. The number of hydrogen-bond acceptors (Lipinski definition) is 3. The van der Waals surface area contributed by atoms with Gasteiger partial charge in [0.1, 0.15) is 0 Å². The Morgan fingerprint density at radius 3 is 2.57 bits per heavy atom. The predicted molar refractivity (Wildman–Crippen MR) is 88.7 cm³/mol. The average Bonchev–Trinajstić information content (AvgIpc) is 2.89. The van der Waals surface area contributed by atoms with Crippen molar-refractivity contribution in [1.82, 2.24) is 10.0 Å². The maximum absolute atomic E-state index is 12.5. The summed E-state index contributed by atoms with van der Waals surface area (Å²) < 4.78 is 28.5. The van der Waals surface area contributed by atoms with Gasteiger partial charge in [-0.25, -0.2) is 13.1 Å². The van der Waals surface area contributed by atoms with E-state index < -0.39 is 10.0 Å². The first-order valence-corrected chi connectivity index (χ1v) is 9.70. The maximum atomic E-state index is 12.5. The van der Waals surface area contributed by atoms with Crippen LogP contribution in [0.1, 0.15) is 45.1 Å². The molecule has 0 bridgehead atoms. The summed E-state index contributed by atoms with van der Waals surface area (Å²) in [6.45, 7) is 4.80. The molecule has 1 saturated carbocycles. The third-order valence-electron chi connectivity index (χ3n) is 3.68. The highest BCUT2D eigenvalue weighted by Gasteiger charge is 2.24. The first-order valence-electron chi connectivity index (χ1n) is 7.42. The van der Waals surface area contributed by atoms with Crippen molar-refractivity contribution in [1.29, 1.82) is 0 Å². The lowest BCUT2D eigenvalue weighted by Gasteiger charge is -2.15. The van der Waals surface area contributed by atoms with E-state index in [1.807, 2.05) is 6.07 Å². The first kappa shape index (κ1) is 16.9. The molecule has 0 unspecified atom stereocenters. The van der Waals surface area contributed by atoms with E-state index in [-0.39, 0.29) is 6.04 Å². The fourth-order valence-corrected chi connectivity index (χ4v) is 4.83. The minimum Gasteiger partial charge on any atom is -0.310 e. The summed E-state index contributed by atoms with van der Waals surface area (Å²) in [7, 11) is -3.46. The van der Waals surface area contributed by atoms with Crippen molar-refractivity contribution in [3.63, 3.8) is 0 Å². The standard InChI is InChI=1S/C15H23BrN2O2S/c1-11(2)17-10-12-7-8-14(16)15(9-12)21(19,20)18-13-5-3-4-6-13/h7-9,11,13,17-18H,3-6,10H2,1-2H3. The van der Waals surface area contributed by atoms with Crippen LogP contribution >= 0.6 is 15.9 Å². The zero-order chi connectivity index (χ0) is 15.5. The molecule has 0 heterocycles. The summed E-state index contributed by atoms with van der Waals surface area (Å²) in [5, 5.41) is 3.30. The Hall–Kier alpha value is -0.430. The second-order valence-electron chi connectivity index (χ2n) is 5.90. The molecule has 1 aliphatic rings. The number of rotatable bonds is 6. The molecule has 0 atom stereocenters. The molecular weight excluding hydrogens is 352 g/mol. The Morgan fingerprint density at radius 1 is 1.29 bits per heavy atom. The summed E-state index contributed by atoms with van der Waals surface area (Å²) in [4.78, 5) is 0.331. The molecule has 0 spiro atoms. The van der Waals surface area contributed by atoms with Crippen LogP contribution in [-0.4, -0.2) is 20.5 Å². The van der Waals surface area contributed by atoms with Crippen LogP contribution < -0.4 is 10.0 Å². The SMILES string of the molecule is CC(C)NCc1ccc(Br)c(S(=O)(=O)NC2CCCC2)c1. The van der Waals surface area contributed by atoms with Gasteiger partial charge in [0.25, 0.3) is 0 Å². The molecule has 0 aliphatic heterocycles. The van der Waals surface area contributed by atoms with Gasteiger partial charge >= 0.3 is 0 Å². The zero-order valence-electron chi connectivity index (χ0n) is 12.5. The molecule has 2 rings (SSSR count). The Bertz CT molecular complexity index is 581. The summed E-state index contributed by atoms with van der Waals surface area (Å²) in [6.07, 6.45) is 4.08. The summed E-state index contributed by atoms with van der Waals surface area (Å²) in [5.74, 6) is 0. The van der Waals surface area contributed by atoms with Crippen molar-refractivity contribution in [2.24, 2.45) is 0 Å². The fraction of sp³-hybridized carbons (Fsp3) is 0.600. The molecule has 1 aromatic carbocycles. The molecule has 1 aliphatic carbocycles. The molecule has 0 saturated heterocycles. The molecule has 0 aromatic heterocycles. The van der Waals surface area contributed by atoms with Crippen LogP contribution in [0.25, 0.3) is 0 Å². The van der Waals surface area contributed by atoms with Gasteiger partial charge in [-0.3, -0.25) is 0 Å². The topological polar surface area (TPSA) is 58.2 Å². The van der Waals surface area contributed by atoms with Gasteiger partial charge in [-0.15, -0.1) is 0 Å². The molecule has 2 N–H and O–H groups in total. The van der Waals surface area contributed by atoms with Crippen molar-refractivity contribution < 1.29 is 8.42 Å². The summed E-state index contributed by atoms with van der Waals surface area (Å²) >= 11 is 3.36. The molecule has 1 fully saturated rings. The second kappa shape index (κ2) is 7.22. The van der Waals surface area contributed by atoms with Gasteiger partial charge in [0.2, 0.25) is 10.0 Å². The third kappa shape index (κ3) is 4.77. The van der Waals surface area contributed by atoms with Crippen molar-refractivity contribution in [2.45, 2.75) is 63.1 Å². The number of benzene rings is 1. The highest BCUT2D eigenvalue weighted by atomic mass is 79.9. The van der Waals surface area contributed by atoms with Gasteiger partial charge in [-0.2, -0.15) is 0 Å². The monoisotopic (exact) mass is 374 g/mol. The highest BCUT2D eigenvalue weighted by Crippen LogP contribution is 2.26. The Morgan fingerprint density at radius 2 is 1.95 bits per heavy atom. The number of nitrogens with one attached hydrogen (secondary N) is 2. The Labute approximate surface area is 135 Å². The molecule has 21 heavy (non-hydrogen) atoms. The van der Waals surface area contributed by atoms with E-state index >= 15 is 0 Å². The van der Waals surface area contributed by atoms with Crippen molar-refractivity contribution >= 4 is 26.0 Å². The largest absolute Gasteiger partial charge is 0.310 e. The predicted octanol–water partition coefficient (Wildman–Crippen LogP) is 3.17. The molecule has 118 valence electrons. The maximum Gasteiger partial charge on any atom is 0.241 e. The Kier molecular flexibility index (Phi) is 5.82. The van der Waals surface area contributed by atoms with Gasteiger partial charge in [0.05, 0.1) is 4.90 Å². The van der Waals surface area contributed by atoms with E-state index in [4.69, 9.17) is 0 Å². The summed E-state index contributed by atoms with van der Waals surface area (Å²) in [6, 6.07) is 5.94. The van der Waals surface area contributed by atoms with Crippen LogP contribution in [-0.2, 0) is 16.6 Å². The zero-order valence-corrected chi connectivity index (χ0v) is 14.9. The fourth-order valence-electron chi connectivity index (χ4n) is 2.51. The van der Waals surface area contributed by atoms with Crippen LogP contribution in [0.3, 0.4) is 0 Å². The van der Waals surface area contributed by atoms with Gasteiger partial charge in [-0.1, -0.05) is 32.8 Å². The normalized spacial score (nSPS) is 16.8. The molecule has 0 amide bonds. The van der Waals surface area contributed by atoms with Crippen LogP contribution in [0, 0.1) is 0 Å². The number of sulfonamides is 1. The average molecular weight is 375 g/mol. The van der Waals surface area contributed by atoms with Crippen LogP contribution in [0.2, 0.25) is 0 Å². The van der Waals surface area contributed by atoms with Crippen molar-refractivity contribution in [2.75, 3.05) is 0 Å². The number of hydrogen-bond donors (Lipinski definition) is 2. The molecule has 6 heteroatoms. The van der Waals surface area contributed by atoms with Crippen molar-refractivity contribution in [3.05, 3.63) is 28.2 Å². The lowest BCUT2D eigenvalue weighted by molar-refractivity contribution is 0.551. The van der Waals surface area contributed by atoms with Crippen LogP contribution in [0.4, 0.5) is 0 Å².